The van der Waals surface area contributed by atoms with Crippen molar-refractivity contribution in [2.24, 2.45) is 5.92 Å². The third-order valence-electron chi connectivity index (χ3n) is 4.21. The first-order chi connectivity index (χ1) is 8.62. The predicted octanol–water partition coefficient (Wildman–Crippen LogP) is 3.02. The van der Waals surface area contributed by atoms with E-state index in [0.29, 0.717) is 0 Å². The van der Waals surface area contributed by atoms with Gasteiger partial charge in [-0.2, -0.15) is 0 Å². The van der Waals surface area contributed by atoms with Crippen molar-refractivity contribution in [3.8, 4) is 0 Å². The van der Waals surface area contributed by atoms with Crippen LogP contribution in [0, 0.1) is 5.92 Å². The SMILES string of the molecule is CCC1CCN(CC(C)(O)c2ccccc2)CC1. The molecule has 0 aliphatic carbocycles. The molecule has 0 amide bonds. The minimum Gasteiger partial charge on any atom is -0.384 e. The first kappa shape index (κ1) is 13.6. The number of benzene rings is 1. The lowest BCUT2D eigenvalue weighted by molar-refractivity contribution is 0.00557. The van der Waals surface area contributed by atoms with Crippen LogP contribution >= 0.6 is 0 Å². The van der Waals surface area contributed by atoms with E-state index in [-0.39, 0.29) is 0 Å². The number of β-amino-alcohol motifs (C(OH)–C–C–N with tert-alkyl or cyclic N) is 1. The van der Waals surface area contributed by atoms with Crippen LogP contribution in [0.1, 0.15) is 38.7 Å². The van der Waals surface area contributed by atoms with Gasteiger partial charge in [0.2, 0.25) is 0 Å². The van der Waals surface area contributed by atoms with Crippen molar-refractivity contribution in [3.05, 3.63) is 35.9 Å². The second-order valence-electron chi connectivity index (χ2n) is 5.77. The molecule has 1 aromatic rings. The number of rotatable bonds is 4. The van der Waals surface area contributed by atoms with E-state index in [9.17, 15) is 5.11 Å². The highest BCUT2D eigenvalue weighted by Gasteiger charge is 2.28. The van der Waals surface area contributed by atoms with Gasteiger partial charge in [-0.05, 0) is 44.3 Å². The highest BCUT2D eigenvalue weighted by molar-refractivity contribution is 5.21. The van der Waals surface area contributed by atoms with Crippen molar-refractivity contribution in [1.82, 2.24) is 4.90 Å². The van der Waals surface area contributed by atoms with E-state index in [2.05, 4.69) is 11.8 Å². The molecule has 1 N–H and O–H groups in total. The molecule has 1 unspecified atom stereocenters. The van der Waals surface area contributed by atoms with Crippen LogP contribution in [0.5, 0.6) is 0 Å². The minimum atomic E-state index is -0.736. The second-order valence-corrected chi connectivity index (χ2v) is 5.77. The summed E-state index contributed by atoms with van der Waals surface area (Å²) in [4.78, 5) is 2.40. The first-order valence-corrected chi connectivity index (χ1v) is 7.12. The van der Waals surface area contributed by atoms with Crippen molar-refractivity contribution >= 4 is 0 Å². The van der Waals surface area contributed by atoms with Crippen LogP contribution in [0.25, 0.3) is 0 Å². The molecule has 1 atom stereocenters. The Labute approximate surface area is 111 Å². The topological polar surface area (TPSA) is 23.5 Å². The smallest absolute Gasteiger partial charge is 0.0994 e. The van der Waals surface area contributed by atoms with E-state index in [1.807, 2.05) is 37.3 Å². The molecule has 2 rings (SSSR count). The van der Waals surface area contributed by atoms with Crippen LogP contribution in [0.2, 0.25) is 0 Å². The van der Waals surface area contributed by atoms with Crippen molar-refractivity contribution < 1.29 is 5.11 Å². The summed E-state index contributed by atoms with van der Waals surface area (Å²) in [6, 6.07) is 10.0. The first-order valence-electron chi connectivity index (χ1n) is 7.12. The van der Waals surface area contributed by atoms with Crippen LogP contribution in [0.3, 0.4) is 0 Å². The van der Waals surface area contributed by atoms with E-state index >= 15 is 0 Å². The Balaban J connectivity index is 1.93. The van der Waals surface area contributed by atoms with Gasteiger partial charge >= 0.3 is 0 Å². The molecule has 1 heterocycles. The molecular weight excluding hydrogens is 222 g/mol. The summed E-state index contributed by atoms with van der Waals surface area (Å²) in [5.74, 6) is 0.892. The number of hydrogen-bond donors (Lipinski definition) is 1. The van der Waals surface area contributed by atoms with Gasteiger partial charge in [0.15, 0.2) is 0 Å². The largest absolute Gasteiger partial charge is 0.384 e. The molecule has 0 spiro atoms. The quantitative estimate of drug-likeness (QED) is 0.884. The van der Waals surface area contributed by atoms with Crippen molar-refractivity contribution in [3.63, 3.8) is 0 Å². The number of hydrogen-bond acceptors (Lipinski definition) is 2. The van der Waals surface area contributed by atoms with Gasteiger partial charge in [0.1, 0.15) is 0 Å². The maximum atomic E-state index is 10.6. The van der Waals surface area contributed by atoms with Crippen molar-refractivity contribution in [2.45, 2.75) is 38.7 Å². The van der Waals surface area contributed by atoms with E-state index in [1.54, 1.807) is 0 Å². The summed E-state index contributed by atoms with van der Waals surface area (Å²) in [7, 11) is 0. The van der Waals surface area contributed by atoms with Gasteiger partial charge in [0.25, 0.3) is 0 Å². The zero-order valence-corrected chi connectivity index (χ0v) is 11.6. The number of nitrogens with zero attached hydrogens (tertiary/aromatic N) is 1. The summed E-state index contributed by atoms with van der Waals surface area (Å²) < 4.78 is 0. The number of piperidine rings is 1. The summed E-state index contributed by atoms with van der Waals surface area (Å²) in [6.45, 7) is 7.20. The maximum absolute atomic E-state index is 10.6. The average molecular weight is 247 g/mol. The van der Waals surface area contributed by atoms with Crippen LogP contribution in [0.15, 0.2) is 30.3 Å². The molecule has 1 saturated heterocycles. The lowest BCUT2D eigenvalue weighted by Gasteiger charge is -2.36. The molecule has 0 saturated carbocycles. The Hall–Kier alpha value is -0.860. The molecule has 2 nitrogen and oxygen atoms in total. The molecule has 1 aliphatic heterocycles. The molecule has 18 heavy (non-hydrogen) atoms. The predicted molar refractivity (Wildman–Crippen MR) is 75.5 cm³/mol. The van der Waals surface area contributed by atoms with Crippen LogP contribution in [0.4, 0.5) is 0 Å². The van der Waals surface area contributed by atoms with Gasteiger partial charge in [-0.1, -0.05) is 43.7 Å². The van der Waals surface area contributed by atoms with E-state index in [0.717, 1.165) is 31.1 Å². The Bertz CT molecular complexity index is 353. The van der Waals surface area contributed by atoms with E-state index in [1.165, 1.54) is 19.3 Å². The van der Waals surface area contributed by atoms with Gasteiger partial charge in [0.05, 0.1) is 5.60 Å². The third kappa shape index (κ3) is 3.33. The fraction of sp³-hybridized carbons (Fsp3) is 0.625. The summed E-state index contributed by atoms with van der Waals surface area (Å²) in [6.07, 6.45) is 3.85. The molecular formula is C16H25NO. The Morgan fingerprint density at radius 3 is 2.39 bits per heavy atom. The molecule has 100 valence electrons. The van der Waals surface area contributed by atoms with Gasteiger partial charge in [-0.15, -0.1) is 0 Å². The second kappa shape index (κ2) is 5.85. The minimum absolute atomic E-state index is 0.736. The van der Waals surface area contributed by atoms with Gasteiger partial charge in [-0.3, -0.25) is 0 Å². The Morgan fingerprint density at radius 2 is 1.83 bits per heavy atom. The Kier molecular flexibility index (Phi) is 4.41. The lowest BCUT2D eigenvalue weighted by Crippen LogP contribution is -2.43. The van der Waals surface area contributed by atoms with E-state index < -0.39 is 5.60 Å². The fourth-order valence-corrected chi connectivity index (χ4v) is 2.88. The summed E-state index contributed by atoms with van der Waals surface area (Å²) in [5.41, 5.74) is 0.281. The third-order valence-corrected chi connectivity index (χ3v) is 4.21. The standard InChI is InChI=1S/C16H25NO/c1-3-14-9-11-17(12-10-14)13-16(2,18)15-7-5-4-6-8-15/h4-8,14,18H,3,9-13H2,1-2H3. The number of aliphatic hydroxyl groups is 1. The normalized spacial score (nSPS) is 21.7. The van der Waals surface area contributed by atoms with Crippen molar-refractivity contribution in [2.75, 3.05) is 19.6 Å². The lowest BCUT2D eigenvalue weighted by atomic mass is 9.91. The monoisotopic (exact) mass is 247 g/mol. The highest BCUT2D eigenvalue weighted by atomic mass is 16.3. The van der Waals surface area contributed by atoms with Crippen LogP contribution < -0.4 is 0 Å². The summed E-state index contributed by atoms with van der Waals surface area (Å²) >= 11 is 0. The van der Waals surface area contributed by atoms with Gasteiger partial charge in [0, 0.05) is 6.54 Å². The van der Waals surface area contributed by atoms with Gasteiger partial charge in [-0.25, -0.2) is 0 Å². The molecule has 1 aliphatic rings. The molecule has 1 fully saturated rings. The van der Waals surface area contributed by atoms with E-state index in [4.69, 9.17) is 0 Å². The molecule has 0 radical (unpaired) electrons. The average Bonchev–Trinajstić information content (AvgIpc) is 2.40. The number of likely N-dealkylation sites (tertiary alicyclic amines) is 1. The van der Waals surface area contributed by atoms with Crippen LogP contribution in [-0.2, 0) is 5.60 Å². The Morgan fingerprint density at radius 1 is 1.22 bits per heavy atom. The molecule has 0 aromatic heterocycles. The molecule has 2 heteroatoms. The zero-order chi connectivity index (χ0) is 13.0. The van der Waals surface area contributed by atoms with Crippen molar-refractivity contribution in [1.29, 1.82) is 0 Å². The van der Waals surface area contributed by atoms with Crippen LogP contribution in [-0.4, -0.2) is 29.6 Å². The zero-order valence-electron chi connectivity index (χ0n) is 11.6. The summed E-state index contributed by atoms with van der Waals surface area (Å²) in [5, 5.41) is 10.6. The molecule has 0 bridgehead atoms. The fourth-order valence-electron chi connectivity index (χ4n) is 2.88. The molecule has 1 aromatic carbocycles. The maximum Gasteiger partial charge on any atom is 0.0994 e. The highest BCUT2D eigenvalue weighted by Crippen LogP contribution is 2.25. The van der Waals surface area contributed by atoms with Gasteiger partial charge < -0.3 is 10.0 Å².